The van der Waals surface area contributed by atoms with Crippen molar-refractivity contribution in [3.63, 3.8) is 0 Å². The van der Waals surface area contributed by atoms with E-state index in [0.29, 0.717) is 17.8 Å². The van der Waals surface area contributed by atoms with Crippen LogP contribution in [0.5, 0.6) is 0 Å². The van der Waals surface area contributed by atoms with E-state index in [4.69, 9.17) is 0 Å². The second-order valence-corrected chi connectivity index (χ2v) is 5.09. The van der Waals surface area contributed by atoms with Gasteiger partial charge in [0.15, 0.2) is 0 Å². The molecule has 0 saturated heterocycles. The lowest BCUT2D eigenvalue weighted by molar-refractivity contribution is -0.137. The van der Waals surface area contributed by atoms with Gasteiger partial charge in [-0.15, -0.1) is 10.2 Å². The number of alkyl halides is 3. The minimum Gasteiger partial charge on any atom is -0.307 e. The maximum Gasteiger partial charge on any atom is 0.416 e. The molecular weight excluding hydrogens is 297 g/mol. The minimum atomic E-state index is -4.45. The number of hydrogen-bond acceptors (Lipinski definition) is 3. The van der Waals surface area contributed by atoms with Gasteiger partial charge in [0.25, 0.3) is 5.56 Å². The van der Waals surface area contributed by atoms with Crippen molar-refractivity contribution >= 4 is 16.7 Å². The lowest BCUT2D eigenvalue weighted by atomic mass is 10.1. The molecule has 8 heteroatoms. The number of fused-ring (bicyclic) bond motifs is 3. The minimum absolute atomic E-state index is 0.0396. The number of benzene rings is 1. The molecule has 0 unspecified atom stereocenters. The molecule has 0 fully saturated rings. The van der Waals surface area contributed by atoms with Gasteiger partial charge in [0.2, 0.25) is 5.65 Å². The zero-order valence-electron chi connectivity index (χ0n) is 12.0. The van der Waals surface area contributed by atoms with Gasteiger partial charge in [-0.25, -0.2) is 0 Å². The Hall–Kier alpha value is -2.38. The normalized spacial score (nSPS) is 12.4. The topological polar surface area (TPSA) is 52.2 Å². The van der Waals surface area contributed by atoms with Crippen LogP contribution in [0.25, 0.3) is 16.7 Å². The van der Waals surface area contributed by atoms with Crippen molar-refractivity contribution in [1.29, 1.82) is 0 Å². The number of nitrogens with zero attached hydrogens (tertiary/aromatic N) is 4. The van der Waals surface area contributed by atoms with Gasteiger partial charge in [-0.1, -0.05) is 6.92 Å². The largest absolute Gasteiger partial charge is 0.416 e. The van der Waals surface area contributed by atoms with E-state index in [1.165, 1.54) is 22.1 Å². The van der Waals surface area contributed by atoms with E-state index in [9.17, 15) is 18.0 Å². The Kier molecular flexibility index (Phi) is 3.19. The monoisotopic (exact) mass is 310 g/mol. The van der Waals surface area contributed by atoms with Gasteiger partial charge in [0.05, 0.1) is 16.6 Å². The predicted molar refractivity (Wildman–Crippen MR) is 74.7 cm³/mol. The summed E-state index contributed by atoms with van der Waals surface area (Å²) >= 11 is 0. The van der Waals surface area contributed by atoms with E-state index in [-0.39, 0.29) is 16.7 Å². The first-order valence-electron chi connectivity index (χ1n) is 6.78. The summed E-state index contributed by atoms with van der Waals surface area (Å²) in [5.41, 5.74) is -0.431. The lowest BCUT2D eigenvalue weighted by Crippen LogP contribution is -2.21. The summed E-state index contributed by atoms with van der Waals surface area (Å²) in [6, 6.07) is 3.30. The van der Waals surface area contributed by atoms with Crippen molar-refractivity contribution in [2.24, 2.45) is 7.05 Å². The summed E-state index contributed by atoms with van der Waals surface area (Å²) in [5, 5.41) is 7.79. The fourth-order valence-corrected chi connectivity index (χ4v) is 2.52. The molecule has 0 atom stereocenters. The van der Waals surface area contributed by atoms with E-state index in [1.54, 1.807) is 0 Å². The summed E-state index contributed by atoms with van der Waals surface area (Å²) in [6.07, 6.45) is -3.18. The van der Waals surface area contributed by atoms with Crippen LogP contribution >= 0.6 is 0 Å². The molecule has 0 bridgehead atoms. The van der Waals surface area contributed by atoms with Crippen molar-refractivity contribution in [3.8, 4) is 0 Å². The Bertz CT molecular complexity index is 924. The van der Waals surface area contributed by atoms with Crippen LogP contribution in [0, 0.1) is 0 Å². The first kappa shape index (κ1) is 14.6. The van der Waals surface area contributed by atoms with Crippen molar-refractivity contribution in [2.75, 3.05) is 0 Å². The van der Waals surface area contributed by atoms with Crippen molar-refractivity contribution in [1.82, 2.24) is 19.2 Å². The summed E-state index contributed by atoms with van der Waals surface area (Å²) in [7, 11) is 1.51. The van der Waals surface area contributed by atoms with E-state index >= 15 is 0 Å². The van der Waals surface area contributed by atoms with Crippen LogP contribution in [0.15, 0.2) is 23.0 Å². The highest BCUT2D eigenvalue weighted by Gasteiger charge is 2.31. The maximum absolute atomic E-state index is 13.0. The third-order valence-electron chi connectivity index (χ3n) is 3.60. The summed E-state index contributed by atoms with van der Waals surface area (Å²) in [6.45, 7) is 1.92. The molecule has 0 aliphatic rings. The van der Waals surface area contributed by atoms with E-state index < -0.39 is 11.7 Å². The molecule has 2 heterocycles. The smallest absolute Gasteiger partial charge is 0.307 e. The zero-order chi connectivity index (χ0) is 16.1. The van der Waals surface area contributed by atoms with Gasteiger partial charge >= 0.3 is 6.18 Å². The van der Waals surface area contributed by atoms with E-state index in [0.717, 1.165) is 18.6 Å². The molecule has 0 saturated carbocycles. The molecule has 5 nitrogen and oxygen atoms in total. The number of rotatable bonds is 2. The van der Waals surface area contributed by atoms with Crippen LogP contribution in [0.2, 0.25) is 0 Å². The molecule has 116 valence electrons. The Morgan fingerprint density at radius 3 is 2.55 bits per heavy atom. The van der Waals surface area contributed by atoms with E-state index in [1.807, 2.05) is 6.92 Å². The van der Waals surface area contributed by atoms with Gasteiger partial charge in [-0.2, -0.15) is 13.2 Å². The van der Waals surface area contributed by atoms with Crippen LogP contribution in [-0.4, -0.2) is 19.2 Å². The average molecular weight is 310 g/mol. The van der Waals surface area contributed by atoms with Gasteiger partial charge in [-0.3, -0.25) is 9.20 Å². The molecule has 3 rings (SSSR count). The molecule has 22 heavy (non-hydrogen) atoms. The standard InChI is InChI=1S/C14H13F3N4O/c1-3-4-11-18-19-12-13(22)20(2)9-6-5-8(14(15,16)17)7-10(9)21(11)12/h5-7H,3-4H2,1-2H3. The second kappa shape index (κ2) is 4.82. The Balaban J connectivity index is 2.49. The highest BCUT2D eigenvalue weighted by atomic mass is 19.4. The predicted octanol–water partition coefficient (Wildman–Crippen LogP) is 2.55. The van der Waals surface area contributed by atoms with Crippen LogP contribution in [0.3, 0.4) is 0 Å². The SMILES string of the molecule is CCCc1nnc2c(=O)n(C)c3ccc(C(F)(F)F)cc3n12. The first-order chi connectivity index (χ1) is 10.3. The van der Waals surface area contributed by atoms with Crippen LogP contribution in [0.4, 0.5) is 13.2 Å². The third-order valence-corrected chi connectivity index (χ3v) is 3.60. The molecule has 0 radical (unpaired) electrons. The summed E-state index contributed by atoms with van der Waals surface area (Å²) in [5.74, 6) is 0.486. The van der Waals surface area contributed by atoms with E-state index in [2.05, 4.69) is 10.2 Å². The molecule has 0 amide bonds. The molecule has 3 aromatic rings. The number of halogens is 3. The van der Waals surface area contributed by atoms with Crippen LogP contribution in [0.1, 0.15) is 24.7 Å². The molecule has 0 aliphatic carbocycles. The van der Waals surface area contributed by atoms with Crippen LogP contribution in [-0.2, 0) is 19.6 Å². The molecule has 0 aliphatic heterocycles. The number of aromatic nitrogens is 4. The summed E-state index contributed by atoms with van der Waals surface area (Å²) < 4.78 is 41.6. The van der Waals surface area contributed by atoms with Gasteiger partial charge in [0.1, 0.15) is 5.82 Å². The summed E-state index contributed by atoms with van der Waals surface area (Å²) in [4.78, 5) is 12.3. The average Bonchev–Trinajstić information content (AvgIpc) is 2.88. The zero-order valence-corrected chi connectivity index (χ0v) is 12.0. The number of hydrogen-bond donors (Lipinski definition) is 0. The third kappa shape index (κ3) is 2.06. The van der Waals surface area contributed by atoms with Crippen molar-refractivity contribution in [3.05, 3.63) is 39.9 Å². The highest BCUT2D eigenvalue weighted by Crippen LogP contribution is 2.31. The van der Waals surface area contributed by atoms with Gasteiger partial charge in [-0.05, 0) is 24.6 Å². The molecule has 0 spiro atoms. The Labute approximate surface area is 123 Å². The highest BCUT2D eigenvalue weighted by molar-refractivity contribution is 5.79. The fraction of sp³-hybridized carbons (Fsp3) is 0.357. The Morgan fingerprint density at radius 2 is 1.91 bits per heavy atom. The lowest BCUT2D eigenvalue weighted by Gasteiger charge is -2.12. The van der Waals surface area contributed by atoms with Gasteiger partial charge < -0.3 is 4.57 Å². The fourth-order valence-electron chi connectivity index (χ4n) is 2.52. The quantitative estimate of drug-likeness (QED) is 0.731. The second-order valence-electron chi connectivity index (χ2n) is 5.09. The van der Waals surface area contributed by atoms with Crippen LogP contribution < -0.4 is 5.56 Å². The molecular formula is C14H13F3N4O. The molecule has 0 N–H and O–H groups in total. The molecule has 2 aromatic heterocycles. The molecule has 1 aromatic carbocycles. The van der Waals surface area contributed by atoms with Crippen molar-refractivity contribution < 1.29 is 13.2 Å². The number of aryl methyl sites for hydroxylation is 2. The van der Waals surface area contributed by atoms with Gasteiger partial charge in [0, 0.05) is 13.5 Å². The first-order valence-corrected chi connectivity index (χ1v) is 6.78. The van der Waals surface area contributed by atoms with Crippen molar-refractivity contribution in [2.45, 2.75) is 25.9 Å². The Morgan fingerprint density at radius 1 is 1.18 bits per heavy atom. The maximum atomic E-state index is 13.0.